The average Bonchev–Trinajstić information content (AvgIpc) is 3.07. The van der Waals surface area contributed by atoms with E-state index in [0.29, 0.717) is 36.0 Å². The molecule has 1 saturated heterocycles. The Morgan fingerprint density at radius 3 is 2.47 bits per heavy atom. The van der Waals surface area contributed by atoms with E-state index in [1.54, 1.807) is 5.57 Å². The monoisotopic (exact) mass is 411 g/mol. The molecule has 6 aliphatic rings. The lowest BCUT2D eigenvalue weighted by atomic mass is 9.43. The van der Waals surface area contributed by atoms with E-state index in [2.05, 4.69) is 26.0 Å². The number of nitrogens with zero attached hydrogens (tertiary/aromatic N) is 1. The average molecular weight is 412 g/mol. The molecule has 6 rings (SSSR count). The molecule has 0 aromatic carbocycles. The van der Waals surface area contributed by atoms with Crippen LogP contribution in [0.3, 0.4) is 0 Å². The summed E-state index contributed by atoms with van der Waals surface area (Å²) in [4.78, 5) is 0. The minimum atomic E-state index is -0.509. The van der Waals surface area contributed by atoms with Gasteiger partial charge in [0.2, 0.25) is 0 Å². The van der Waals surface area contributed by atoms with Crippen molar-refractivity contribution in [1.82, 2.24) is 0 Å². The van der Waals surface area contributed by atoms with E-state index >= 15 is 0 Å². The van der Waals surface area contributed by atoms with Gasteiger partial charge in [0.15, 0.2) is 5.79 Å². The highest BCUT2D eigenvalue weighted by molar-refractivity contribution is 5.35. The van der Waals surface area contributed by atoms with Crippen molar-refractivity contribution < 1.29 is 14.6 Å². The molecule has 0 amide bonds. The third-order valence-corrected chi connectivity index (χ3v) is 11.1. The highest BCUT2D eigenvalue weighted by Gasteiger charge is 2.71. The fourth-order valence-electron chi connectivity index (χ4n) is 9.43. The Labute approximate surface area is 181 Å². The summed E-state index contributed by atoms with van der Waals surface area (Å²) in [7, 11) is 0. The maximum atomic E-state index is 12.0. The van der Waals surface area contributed by atoms with Gasteiger partial charge in [-0.15, -0.1) is 0 Å². The predicted octanol–water partition coefficient (Wildman–Crippen LogP) is 4.97. The van der Waals surface area contributed by atoms with E-state index in [-0.39, 0.29) is 16.6 Å². The van der Waals surface area contributed by atoms with Crippen molar-refractivity contribution in [2.24, 2.45) is 40.4 Å². The summed E-state index contributed by atoms with van der Waals surface area (Å²) in [6, 6.07) is 2.27. The number of ether oxygens (including phenoxy) is 2. The van der Waals surface area contributed by atoms with Gasteiger partial charge in [0, 0.05) is 23.7 Å². The molecular formula is C26H37NO3. The lowest BCUT2D eigenvalue weighted by molar-refractivity contribution is -0.259. The van der Waals surface area contributed by atoms with Crippen LogP contribution in [-0.4, -0.2) is 29.7 Å². The molecule has 5 saturated carbocycles. The van der Waals surface area contributed by atoms with Crippen molar-refractivity contribution >= 4 is 0 Å². The van der Waals surface area contributed by atoms with Crippen LogP contribution in [0.4, 0.5) is 0 Å². The van der Waals surface area contributed by atoms with Crippen LogP contribution in [-0.2, 0) is 9.47 Å². The normalized spacial score (nSPS) is 54.2. The van der Waals surface area contributed by atoms with Crippen molar-refractivity contribution in [3.63, 3.8) is 0 Å². The van der Waals surface area contributed by atoms with Gasteiger partial charge in [-0.25, -0.2) is 0 Å². The Hall–Kier alpha value is -0.890. The third-order valence-electron chi connectivity index (χ3n) is 11.1. The number of unbranched alkanes of at least 4 members (excludes halogenated alkanes) is 1. The Balaban J connectivity index is 1.28. The molecule has 8 atom stereocenters. The summed E-state index contributed by atoms with van der Waals surface area (Å²) in [6.45, 7) is 6.38. The number of hydrogen-bond donors (Lipinski definition) is 1. The van der Waals surface area contributed by atoms with Crippen LogP contribution in [0.25, 0.3) is 0 Å². The van der Waals surface area contributed by atoms with Crippen LogP contribution in [0.1, 0.15) is 78.1 Å². The lowest BCUT2D eigenvalue weighted by Gasteiger charge is -2.63. The van der Waals surface area contributed by atoms with E-state index < -0.39 is 5.60 Å². The SMILES string of the molecule is C[C@]12CC[C@H]3[C@@H](CC[C@@]4(O)C[C@H]5/C(=C/CCC#N)C5C[C@]34C)[C@@H]1CCC21OCCO1. The molecule has 0 radical (unpaired) electrons. The Morgan fingerprint density at radius 2 is 1.70 bits per heavy atom. The maximum Gasteiger partial charge on any atom is 0.174 e. The van der Waals surface area contributed by atoms with E-state index in [1.807, 2.05) is 0 Å². The minimum absolute atomic E-state index is 0.0242. The number of fused-ring (bicyclic) bond motifs is 7. The molecule has 1 heterocycles. The van der Waals surface area contributed by atoms with Gasteiger partial charge in [0.1, 0.15) is 0 Å². The van der Waals surface area contributed by atoms with E-state index in [0.717, 1.165) is 51.7 Å². The van der Waals surface area contributed by atoms with Crippen LogP contribution in [0.15, 0.2) is 11.6 Å². The van der Waals surface area contributed by atoms with Gasteiger partial charge < -0.3 is 14.6 Å². The minimum Gasteiger partial charge on any atom is -0.389 e. The second kappa shape index (κ2) is 6.33. The lowest BCUT2D eigenvalue weighted by Crippen LogP contribution is -2.62. The first kappa shape index (κ1) is 19.8. The molecule has 1 aliphatic heterocycles. The zero-order valence-corrected chi connectivity index (χ0v) is 18.7. The molecular weight excluding hydrogens is 374 g/mol. The molecule has 5 aliphatic carbocycles. The molecule has 1 N–H and O–H groups in total. The second-order valence-electron chi connectivity index (χ2n) is 11.8. The third kappa shape index (κ3) is 2.33. The summed E-state index contributed by atoms with van der Waals surface area (Å²) in [6.07, 6.45) is 12.7. The molecule has 1 unspecified atom stereocenters. The second-order valence-corrected chi connectivity index (χ2v) is 11.8. The highest BCUT2D eigenvalue weighted by Crippen LogP contribution is 2.74. The summed E-state index contributed by atoms with van der Waals surface area (Å²) >= 11 is 0. The van der Waals surface area contributed by atoms with E-state index in [4.69, 9.17) is 14.7 Å². The molecule has 30 heavy (non-hydrogen) atoms. The fourth-order valence-corrected chi connectivity index (χ4v) is 9.43. The van der Waals surface area contributed by atoms with Gasteiger partial charge >= 0.3 is 0 Å². The van der Waals surface area contributed by atoms with Crippen LogP contribution < -0.4 is 0 Å². The highest BCUT2D eigenvalue weighted by atomic mass is 16.7. The molecule has 0 aromatic rings. The van der Waals surface area contributed by atoms with Gasteiger partial charge in [0.25, 0.3) is 0 Å². The number of hydrogen-bond acceptors (Lipinski definition) is 4. The first-order valence-electron chi connectivity index (χ1n) is 12.4. The van der Waals surface area contributed by atoms with Gasteiger partial charge in [-0.2, -0.15) is 5.26 Å². The number of nitriles is 1. The first-order chi connectivity index (χ1) is 14.4. The Bertz CT molecular complexity index is 810. The first-order valence-corrected chi connectivity index (χ1v) is 12.4. The molecule has 0 aromatic heterocycles. The quantitative estimate of drug-likeness (QED) is 0.514. The largest absolute Gasteiger partial charge is 0.389 e. The molecule has 164 valence electrons. The van der Waals surface area contributed by atoms with Crippen LogP contribution >= 0.6 is 0 Å². The van der Waals surface area contributed by atoms with Crippen molar-refractivity contribution in [1.29, 1.82) is 5.26 Å². The summed E-state index contributed by atoms with van der Waals surface area (Å²) in [5.41, 5.74) is 1.20. The Morgan fingerprint density at radius 1 is 1.00 bits per heavy atom. The molecule has 4 nitrogen and oxygen atoms in total. The zero-order valence-electron chi connectivity index (χ0n) is 18.7. The van der Waals surface area contributed by atoms with Crippen molar-refractivity contribution in [2.75, 3.05) is 13.2 Å². The van der Waals surface area contributed by atoms with Gasteiger partial charge in [-0.1, -0.05) is 25.5 Å². The molecule has 0 bridgehead atoms. The summed E-state index contributed by atoms with van der Waals surface area (Å²) in [5, 5.41) is 20.8. The topological polar surface area (TPSA) is 62.5 Å². The predicted molar refractivity (Wildman–Crippen MR) is 113 cm³/mol. The number of aliphatic hydroxyl groups is 1. The Kier molecular flexibility index (Phi) is 4.17. The van der Waals surface area contributed by atoms with Gasteiger partial charge in [0.05, 0.1) is 24.9 Å². The van der Waals surface area contributed by atoms with E-state index in [1.165, 1.54) is 19.3 Å². The smallest absolute Gasteiger partial charge is 0.174 e. The molecule has 1 spiro atoms. The van der Waals surface area contributed by atoms with E-state index in [9.17, 15) is 5.11 Å². The summed E-state index contributed by atoms with van der Waals surface area (Å²) in [5.74, 6) is 2.90. The zero-order chi connectivity index (χ0) is 20.8. The van der Waals surface area contributed by atoms with Crippen LogP contribution in [0.2, 0.25) is 0 Å². The number of rotatable bonds is 2. The fraction of sp³-hybridized carbons (Fsp3) is 0.885. The van der Waals surface area contributed by atoms with Crippen molar-refractivity contribution in [2.45, 2.75) is 89.4 Å². The van der Waals surface area contributed by atoms with Crippen molar-refractivity contribution in [3.8, 4) is 6.07 Å². The van der Waals surface area contributed by atoms with Crippen LogP contribution in [0, 0.1) is 51.8 Å². The molecule has 4 heteroatoms. The molecule has 6 fully saturated rings. The van der Waals surface area contributed by atoms with Gasteiger partial charge in [-0.3, -0.25) is 0 Å². The maximum absolute atomic E-state index is 12.0. The van der Waals surface area contributed by atoms with Gasteiger partial charge in [-0.05, 0) is 81.0 Å². The number of allylic oxidation sites excluding steroid dienone is 2. The summed E-state index contributed by atoms with van der Waals surface area (Å²) < 4.78 is 12.6. The van der Waals surface area contributed by atoms with Crippen LogP contribution in [0.5, 0.6) is 0 Å². The van der Waals surface area contributed by atoms with Crippen molar-refractivity contribution in [3.05, 3.63) is 11.6 Å². The standard InChI is InChI=1S/C26H37NO3/c1-23-9-7-22-18(21(23)8-11-26(23)29-13-14-30-26)6-10-25(28)16-20-17(5-3-4-12-27)19(20)15-24(22,25)2/h5,18-22,28H,3-4,6-11,13-16H2,1-2H3/b17-5+/t18-,19?,20-,21-,22-,23-,24+,25+/m0/s1.